The van der Waals surface area contributed by atoms with Crippen molar-refractivity contribution < 1.29 is 9.59 Å². The molecule has 1 aromatic carbocycles. The van der Waals surface area contributed by atoms with Crippen LogP contribution in [-0.2, 0) is 4.79 Å². The van der Waals surface area contributed by atoms with E-state index < -0.39 is 6.03 Å². The topological polar surface area (TPSA) is 84.0 Å². The van der Waals surface area contributed by atoms with Crippen molar-refractivity contribution in [2.24, 2.45) is 0 Å². The largest absolute Gasteiger partial charge is 0.336 e. The second kappa shape index (κ2) is 7.22. The van der Waals surface area contributed by atoms with Gasteiger partial charge in [0.2, 0.25) is 5.91 Å². The van der Waals surface area contributed by atoms with E-state index in [1.807, 2.05) is 45.0 Å². The van der Waals surface area contributed by atoms with E-state index in [9.17, 15) is 9.59 Å². The van der Waals surface area contributed by atoms with E-state index in [4.69, 9.17) is 0 Å². The number of carbonyl (C=O) groups excluding carboxylic acids is 2. The van der Waals surface area contributed by atoms with Crippen molar-refractivity contribution in [1.82, 2.24) is 20.6 Å². The Labute approximate surface area is 133 Å². The minimum Gasteiger partial charge on any atom is -0.336 e. The lowest BCUT2D eigenvalue weighted by molar-refractivity contribution is -0.117. The standard InChI is InChI=1S/C15H18N4O2S/c1-9(2)16-15(21)19-13(20)8-22-14-11-6-4-5-7-12(11)17-10(3)18-14/h4-7,9H,8H2,1-3H3,(H2,16,19,20,21). The predicted molar refractivity (Wildman–Crippen MR) is 86.8 cm³/mol. The number of benzene rings is 1. The van der Waals surface area contributed by atoms with Gasteiger partial charge in [0, 0.05) is 11.4 Å². The fraction of sp³-hybridized carbons (Fsp3) is 0.333. The number of thioether (sulfide) groups is 1. The number of urea groups is 1. The van der Waals surface area contributed by atoms with Crippen molar-refractivity contribution in [3.8, 4) is 0 Å². The van der Waals surface area contributed by atoms with Gasteiger partial charge < -0.3 is 5.32 Å². The summed E-state index contributed by atoms with van der Waals surface area (Å²) < 4.78 is 0. The third-order valence-corrected chi connectivity index (χ3v) is 3.68. The molecular weight excluding hydrogens is 300 g/mol. The Balaban J connectivity index is 2.03. The second-order valence-electron chi connectivity index (χ2n) is 5.06. The van der Waals surface area contributed by atoms with Crippen LogP contribution in [0.25, 0.3) is 10.9 Å². The molecular formula is C15H18N4O2S. The molecule has 7 heteroatoms. The first-order valence-corrected chi connectivity index (χ1v) is 7.91. The first-order chi connectivity index (χ1) is 10.5. The number of hydrogen-bond donors (Lipinski definition) is 2. The minimum atomic E-state index is -0.482. The lowest BCUT2D eigenvalue weighted by Gasteiger charge is -2.09. The lowest BCUT2D eigenvalue weighted by Crippen LogP contribution is -2.43. The van der Waals surface area contributed by atoms with E-state index in [-0.39, 0.29) is 17.7 Å². The highest BCUT2D eigenvalue weighted by atomic mass is 32.2. The van der Waals surface area contributed by atoms with E-state index in [1.54, 1.807) is 0 Å². The Morgan fingerprint density at radius 2 is 1.95 bits per heavy atom. The van der Waals surface area contributed by atoms with Crippen LogP contribution >= 0.6 is 11.8 Å². The lowest BCUT2D eigenvalue weighted by atomic mass is 10.2. The van der Waals surface area contributed by atoms with Crippen molar-refractivity contribution >= 4 is 34.6 Å². The number of rotatable bonds is 4. The maximum Gasteiger partial charge on any atom is 0.321 e. The summed E-state index contributed by atoms with van der Waals surface area (Å²) >= 11 is 1.29. The van der Waals surface area contributed by atoms with Gasteiger partial charge in [-0.2, -0.15) is 0 Å². The molecule has 116 valence electrons. The maximum absolute atomic E-state index is 11.8. The van der Waals surface area contributed by atoms with E-state index >= 15 is 0 Å². The summed E-state index contributed by atoms with van der Waals surface area (Å²) in [7, 11) is 0. The average molecular weight is 318 g/mol. The number of nitrogens with zero attached hydrogens (tertiary/aromatic N) is 2. The highest BCUT2D eigenvalue weighted by Crippen LogP contribution is 2.24. The fourth-order valence-electron chi connectivity index (χ4n) is 1.86. The van der Waals surface area contributed by atoms with E-state index in [1.165, 1.54) is 11.8 Å². The number of aromatic nitrogens is 2. The van der Waals surface area contributed by atoms with Gasteiger partial charge in [0.1, 0.15) is 10.9 Å². The van der Waals surface area contributed by atoms with E-state index in [0.717, 1.165) is 15.9 Å². The molecule has 22 heavy (non-hydrogen) atoms. The summed E-state index contributed by atoms with van der Waals surface area (Å²) in [5, 5.41) is 6.53. The monoisotopic (exact) mass is 318 g/mol. The zero-order valence-electron chi connectivity index (χ0n) is 12.7. The van der Waals surface area contributed by atoms with Crippen molar-refractivity contribution in [2.45, 2.75) is 31.8 Å². The molecule has 0 aliphatic heterocycles. The third-order valence-electron chi connectivity index (χ3n) is 2.69. The molecule has 0 fully saturated rings. The van der Waals surface area contributed by atoms with Crippen LogP contribution in [0, 0.1) is 6.92 Å². The predicted octanol–water partition coefficient (Wildman–Crippen LogP) is 2.26. The Hall–Kier alpha value is -2.15. The number of carbonyl (C=O) groups is 2. The van der Waals surface area contributed by atoms with Gasteiger partial charge in [-0.1, -0.05) is 30.0 Å². The second-order valence-corrected chi connectivity index (χ2v) is 6.02. The fourth-order valence-corrected chi connectivity index (χ4v) is 2.73. The van der Waals surface area contributed by atoms with E-state index in [2.05, 4.69) is 20.6 Å². The van der Waals surface area contributed by atoms with Gasteiger partial charge in [0.15, 0.2) is 0 Å². The molecule has 0 unspecified atom stereocenters. The van der Waals surface area contributed by atoms with Crippen LogP contribution in [0.5, 0.6) is 0 Å². The molecule has 2 aromatic rings. The van der Waals surface area contributed by atoms with Crippen LogP contribution < -0.4 is 10.6 Å². The molecule has 1 heterocycles. The molecule has 0 spiro atoms. The molecule has 3 amide bonds. The van der Waals surface area contributed by atoms with Crippen molar-refractivity contribution in [2.75, 3.05) is 5.75 Å². The van der Waals surface area contributed by atoms with Crippen molar-refractivity contribution in [3.05, 3.63) is 30.1 Å². The molecule has 2 rings (SSSR count). The van der Waals surface area contributed by atoms with Crippen LogP contribution in [-0.4, -0.2) is 33.7 Å². The maximum atomic E-state index is 11.8. The van der Waals surface area contributed by atoms with Crippen LogP contribution in [0.15, 0.2) is 29.3 Å². The van der Waals surface area contributed by atoms with Gasteiger partial charge in [-0.3, -0.25) is 10.1 Å². The van der Waals surface area contributed by atoms with E-state index in [0.29, 0.717) is 5.82 Å². The van der Waals surface area contributed by atoms with Gasteiger partial charge in [-0.15, -0.1) is 0 Å². The third kappa shape index (κ3) is 4.42. The summed E-state index contributed by atoms with van der Waals surface area (Å²) in [6.45, 7) is 5.47. The zero-order valence-corrected chi connectivity index (χ0v) is 13.5. The summed E-state index contributed by atoms with van der Waals surface area (Å²) in [4.78, 5) is 32.0. The van der Waals surface area contributed by atoms with Crippen LogP contribution in [0.1, 0.15) is 19.7 Å². The minimum absolute atomic E-state index is 0.0195. The highest BCUT2D eigenvalue weighted by Gasteiger charge is 2.11. The summed E-state index contributed by atoms with van der Waals surface area (Å²) in [5.74, 6) is 0.411. The van der Waals surface area contributed by atoms with Crippen molar-refractivity contribution in [3.63, 3.8) is 0 Å². The highest BCUT2D eigenvalue weighted by molar-refractivity contribution is 8.00. The molecule has 0 atom stereocenters. The Bertz CT molecular complexity index is 703. The molecule has 0 radical (unpaired) electrons. The number of nitrogens with one attached hydrogen (secondary N) is 2. The molecule has 2 N–H and O–H groups in total. The first kappa shape index (κ1) is 16.2. The molecule has 0 bridgehead atoms. The van der Waals surface area contributed by atoms with Crippen LogP contribution in [0.3, 0.4) is 0 Å². The van der Waals surface area contributed by atoms with Gasteiger partial charge >= 0.3 is 6.03 Å². The molecule has 6 nitrogen and oxygen atoms in total. The summed E-state index contributed by atoms with van der Waals surface area (Å²) in [5.41, 5.74) is 0.843. The Kier molecular flexibility index (Phi) is 5.32. The molecule has 0 aliphatic carbocycles. The van der Waals surface area contributed by atoms with Crippen molar-refractivity contribution in [1.29, 1.82) is 0 Å². The van der Waals surface area contributed by atoms with Crippen LogP contribution in [0.4, 0.5) is 4.79 Å². The Morgan fingerprint density at radius 3 is 2.68 bits per heavy atom. The molecule has 0 saturated heterocycles. The van der Waals surface area contributed by atoms with Gasteiger partial charge in [-0.05, 0) is 26.8 Å². The van der Waals surface area contributed by atoms with Gasteiger partial charge in [-0.25, -0.2) is 14.8 Å². The number of para-hydroxylation sites is 1. The number of imide groups is 1. The van der Waals surface area contributed by atoms with Gasteiger partial charge in [0.25, 0.3) is 0 Å². The van der Waals surface area contributed by atoms with Gasteiger partial charge in [0.05, 0.1) is 11.3 Å². The number of hydrogen-bond acceptors (Lipinski definition) is 5. The van der Waals surface area contributed by atoms with Crippen LogP contribution in [0.2, 0.25) is 0 Å². The number of amides is 3. The quantitative estimate of drug-likeness (QED) is 0.667. The molecule has 0 saturated carbocycles. The molecule has 1 aromatic heterocycles. The average Bonchev–Trinajstić information content (AvgIpc) is 2.43. The number of fused-ring (bicyclic) bond motifs is 1. The number of aryl methyl sites for hydroxylation is 1. The molecule has 0 aliphatic rings. The first-order valence-electron chi connectivity index (χ1n) is 6.92. The summed E-state index contributed by atoms with van der Waals surface area (Å²) in [6, 6.07) is 7.14. The Morgan fingerprint density at radius 1 is 1.23 bits per heavy atom. The summed E-state index contributed by atoms with van der Waals surface area (Å²) in [6.07, 6.45) is 0. The smallest absolute Gasteiger partial charge is 0.321 e. The normalized spacial score (nSPS) is 10.7. The SMILES string of the molecule is Cc1nc(SCC(=O)NC(=O)NC(C)C)c2ccccc2n1. The zero-order chi connectivity index (χ0) is 16.1.